The zero-order valence-electron chi connectivity index (χ0n) is 14.8. The normalized spacial score (nSPS) is 22.4. The third-order valence-electron chi connectivity index (χ3n) is 4.85. The number of piperidine rings is 1. The fourth-order valence-electron chi connectivity index (χ4n) is 3.50. The summed E-state index contributed by atoms with van der Waals surface area (Å²) in [5.74, 6) is 1.72. The minimum Gasteiger partial charge on any atom is -0.474 e. The highest BCUT2D eigenvalue weighted by molar-refractivity contribution is 5.32. The van der Waals surface area contributed by atoms with Crippen LogP contribution in [0.3, 0.4) is 0 Å². The lowest BCUT2D eigenvalue weighted by Crippen LogP contribution is -2.49. The maximum Gasteiger partial charge on any atom is 0.218 e. The SMILES string of the molecule is Cc1nc(N)cc(OC2CCN(C(C)CN3CCOCC3)CC2)n1. The van der Waals surface area contributed by atoms with Crippen molar-refractivity contribution in [3.63, 3.8) is 0 Å². The summed E-state index contributed by atoms with van der Waals surface area (Å²) < 4.78 is 11.4. The number of likely N-dealkylation sites (tertiary alicyclic amines) is 1. The summed E-state index contributed by atoms with van der Waals surface area (Å²) in [6.07, 6.45) is 2.26. The topological polar surface area (TPSA) is 76.7 Å². The molecule has 0 aromatic carbocycles. The van der Waals surface area contributed by atoms with E-state index in [1.807, 2.05) is 6.92 Å². The molecule has 1 unspecified atom stereocenters. The molecule has 3 rings (SSSR count). The summed E-state index contributed by atoms with van der Waals surface area (Å²) in [5.41, 5.74) is 5.76. The largest absolute Gasteiger partial charge is 0.474 e. The van der Waals surface area contributed by atoms with E-state index < -0.39 is 0 Å². The highest BCUT2D eigenvalue weighted by Crippen LogP contribution is 2.20. The first kappa shape index (κ1) is 17.4. The monoisotopic (exact) mass is 335 g/mol. The van der Waals surface area contributed by atoms with E-state index >= 15 is 0 Å². The first-order valence-electron chi connectivity index (χ1n) is 8.92. The van der Waals surface area contributed by atoms with Crippen LogP contribution in [-0.2, 0) is 4.74 Å². The molecule has 7 nitrogen and oxygen atoms in total. The van der Waals surface area contributed by atoms with Gasteiger partial charge in [-0.3, -0.25) is 9.80 Å². The van der Waals surface area contributed by atoms with Crippen molar-refractivity contribution < 1.29 is 9.47 Å². The van der Waals surface area contributed by atoms with E-state index in [1.54, 1.807) is 6.07 Å². The maximum atomic E-state index is 6.01. The van der Waals surface area contributed by atoms with Crippen LogP contribution in [0.5, 0.6) is 5.88 Å². The Morgan fingerprint density at radius 2 is 1.96 bits per heavy atom. The van der Waals surface area contributed by atoms with Gasteiger partial charge in [0.2, 0.25) is 5.88 Å². The number of aromatic nitrogens is 2. The Balaban J connectivity index is 1.44. The Kier molecular flexibility index (Phi) is 5.86. The van der Waals surface area contributed by atoms with Gasteiger partial charge in [-0.2, -0.15) is 4.98 Å². The van der Waals surface area contributed by atoms with Crippen LogP contribution in [0.4, 0.5) is 5.82 Å². The highest BCUT2D eigenvalue weighted by Gasteiger charge is 2.25. The average Bonchev–Trinajstić information content (AvgIpc) is 2.55. The van der Waals surface area contributed by atoms with Crippen LogP contribution < -0.4 is 10.5 Å². The third-order valence-corrected chi connectivity index (χ3v) is 4.85. The molecule has 1 atom stereocenters. The Morgan fingerprint density at radius 1 is 1.25 bits per heavy atom. The van der Waals surface area contributed by atoms with Gasteiger partial charge in [0.25, 0.3) is 0 Å². The van der Waals surface area contributed by atoms with E-state index in [2.05, 4.69) is 26.7 Å². The fraction of sp³-hybridized carbons (Fsp3) is 0.765. The highest BCUT2D eigenvalue weighted by atomic mass is 16.5. The number of nitrogen functional groups attached to an aromatic ring is 1. The Bertz CT molecular complexity index is 507. The van der Waals surface area contributed by atoms with E-state index in [1.165, 1.54) is 0 Å². The Hall–Kier alpha value is -1.44. The third kappa shape index (κ3) is 4.78. The summed E-state index contributed by atoms with van der Waals surface area (Å²) in [6.45, 7) is 11.2. The number of hydrogen-bond acceptors (Lipinski definition) is 7. The van der Waals surface area contributed by atoms with E-state index in [-0.39, 0.29) is 6.10 Å². The molecule has 1 aromatic rings. The number of morpholine rings is 1. The lowest BCUT2D eigenvalue weighted by Gasteiger charge is -2.38. The van der Waals surface area contributed by atoms with Gasteiger partial charge in [-0.05, 0) is 26.7 Å². The average molecular weight is 335 g/mol. The molecule has 24 heavy (non-hydrogen) atoms. The Morgan fingerprint density at radius 3 is 2.62 bits per heavy atom. The predicted octanol–water partition coefficient (Wildman–Crippen LogP) is 0.931. The molecule has 2 N–H and O–H groups in total. The minimum absolute atomic E-state index is 0.213. The molecule has 0 spiro atoms. The van der Waals surface area contributed by atoms with Gasteiger partial charge in [0, 0.05) is 44.8 Å². The molecule has 0 aliphatic carbocycles. The number of anilines is 1. The van der Waals surface area contributed by atoms with E-state index in [0.29, 0.717) is 23.6 Å². The summed E-state index contributed by atoms with van der Waals surface area (Å²) >= 11 is 0. The molecule has 1 aromatic heterocycles. The van der Waals surface area contributed by atoms with Crippen LogP contribution in [0.25, 0.3) is 0 Å². The van der Waals surface area contributed by atoms with Gasteiger partial charge in [0.05, 0.1) is 13.2 Å². The van der Waals surface area contributed by atoms with Crippen molar-refractivity contribution in [3.05, 3.63) is 11.9 Å². The molecular weight excluding hydrogens is 306 g/mol. The van der Waals surface area contributed by atoms with Gasteiger partial charge in [0.1, 0.15) is 17.7 Å². The van der Waals surface area contributed by atoms with Crippen LogP contribution in [0.2, 0.25) is 0 Å². The lowest BCUT2D eigenvalue weighted by atomic mass is 10.1. The van der Waals surface area contributed by atoms with Gasteiger partial charge >= 0.3 is 0 Å². The zero-order valence-corrected chi connectivity index (χ0v) is 14.8. The molecule has 2 fully saturated rings. The molecule has 0 amide bonds. The van der Waals surface area contributed by atoms with E-state index in [0.717, 1.165) is 58.8 Å². The van der Waals surface area contributed by atoms with Crippen molar-refractivity contribution >= 4 is 5.82 Å². The van der Waals surface area contributed by atoms with Crippen molar-refractivity contribution in [1.82, 2.24) is 19.8 Å². The molecule has 7 heteroatoms. The lowest BCUT2D eigenvalue weighted by molar-refractivity contribution is 0.0156. The van der Waals surface area contributed by atoms with Crippen molar-refractivity contribution in [2.75, 3.05) is 51.7 Å². The van der Waals surface area contributed by atoms with E-state index in [9.17, 15) is 0 Å². The quantitative estimate of drug-likeness (QED) is 0.858. The molecule has 3 heterocycles. The number of hydrogen-bond donors (Lipinski definition) is 1. The summed E-state index contributed by atoms with van der Waals surface area (Å²) in [5, 5.41) is 0. The minimum atomic E-state index is 0.213. The number of nitrogens with two attached hydrogens (primary N) is 1. The van der Waals surface area contributed by atoms with Gasteiger partial charge in [-0.1, -0.05) is 0 Å². The van der Waals surface area contributed by atoms with Crippen LogP contribution in [-0.4, -0.2) is 77.9 Å². The molecule has 0 bridgehead atoms. The summed E-state index contributed by atoms with van der Waals surface area (Å²) in [7, 11) is 0. The first-order chi connectivity index (χ1) is 11.6. The van der Waals surface area contributed by atoms with Gasteiger partial charge in [0.15, 0.2) is 0 Å². The fourth-order valence-corrected chi connectivity index (χ4v) is 3.50. The maximum absolute atomic E-state index is 6.01. The predicted molar refractivity (Wildman–Crippen MR) is 93.1 cm³/mol. The number of nitrogens with zero attached hydrogens (tertiary/aromatic N) is 4. The molecule has 0 radical (unpaired) electrons. The first-order valence-corrected chi connectivity index (χ1v) is 8.92. The summed E-state index contributed by atoms with van der Waals surface area (Å²) in [6, 6.07) is 2.28. The van der Waals surface area contributed by atoms with Gasteiger partial charge in [-0.15, -0.1) is 0 Å². The van der Waals surface area contributed by atoms with Crippen LogP contribution in [0, 0.1) is 6.92 Å². The van der Waals surface area contributed by atoms with Crippen LogP contribution in [0.15, 0.2) is 6.07 Å². The molecule has 2 aliphatic rings. The standard InChI is InChI=1S/C17H29N5O2/c1-13(12-21-7-9-23-10-8-21)22-5-3-15(4-6-22)24-17-11-16(18)19-14(2)20-17/h11,13,15H,3-10,12H2,1-2H3,(H2,18,19,20). The van der Waals surface area contributed by atoms with Gasteiger partial charge < -0.3 is 15.2 Å². The second kappa shape index (κ2) is 8.09. The molecule has 2 aliphatic heterocycles. The second-order valence-corrected chi connectivity index (χ2v) is 6.79. The van der Waals surface area contributed by atoms with Crippen LogP contribution >= 0.6 is 0 Å². The van der Waals surface area contributed by atoms with Gasteiger partial charge in [-0.25, -0.2) is 4.98 Å². The zero-order chi connectivity index (χ0) is 16.9. The van der Waals surface area contributed by atoms with Crippen LogP contribution in [0.1, 0.15) is 25.6 Å². The molecule has 2 saturated heterocycles. The molecular formula is C17H29N5O2. The van der Waals surface area contributed by atoms with Crippen molar-refractivity contribution in [2.24, 2.45) is 0 Å². The summed E-state index contributed by atoms with van der Waals surface area (Å²) in [4.78, 5) is 13.5. The van der Waals surface area contributed by atoms with E-state index in [4.69, 9.17) is 15.2 Å². The molecule has 0 saturated carbocycles. The number of aryl methyl sites for hydroxylation is 1. The number of ether oxygens (including phenoxy) is 2. The second-order valence-electron chi connectivity index (χ2n) is 6.79. The number of rotatable bonds is 5. The van der Waals surface area contributed by atoms with Crippen molar-refractivity contribution in [2.45, 2.75) is 38.8 Å². The smallest absolute Gasteiger partial charge is 0.218 e. The Labute approximate surface area is 144 Å². The van der Waals surface area contributed by atoms with Crippen molar-refractivity contribution in [3.8, 4) is 5.88 Å². The van der Waals surface area contributed by atoms with Crippen molar-refractivity contribution in [1.29, 1.82) is 0 Å². The molecule has 134 valence electrons.